The highest BCUT2D eigenvalue weighted by Gasteiger charge is 2.09. The number of rotatable bonds is 8. The Balaban J connectivity index is 1.95. The summed E-state index contributed by atoms with van der Waals surface area (Å²) in [5, 5.41) is 8.67. The Morgan fingerprint density at radius 2 is 1.78 bits per heavy atom. The van der Waals surface area contributed by atoms with E-state index < -0.39 is 6.61 Å². The Hall–Kier alpha value is -3.16. The molecule has 2 aromatic rings. The first-order valence-electron chi connectivity index (χ1n) is 8.48. The second kappa shape index (κ2) is 10.7. The average Bonchev–Trinajstić information content (AvgIpc) is 2.65. The predicted molar refractivity (Wildman–Crippen MR) is 101 cm³/mol. The number of aliphatic imine (C=N–C) groups is 1. The summed E-state index contributed by atoms with van der Waals surface area (Å²) < 4.78 is 29.5. The van der Waals surface area contributed by atoms with Crippen LogP contribution in [0.1, 0.15) is 12.5 Å². The van der Waals surface area contributed by atoms with Gasteiger partial charge in [0.1, 0.15) is 5.75 Å². The summed E-state index contributed by atoms with van der Waals surface area (Å²) in [6, 6.07) is 15.5. The lowest BCUT2D eigenvalue weighted by atomic mass is 10.2. The highest BCUT2D eigenvalue weighted by Crippen LogP contribution is 2.20. The van der Waals surface area contributed by atoms with Crippen LogP contribution in [-0.2, 0) is 11.3 Å². The molecule has 0 unspecified atom stereocenters. The molecule has 0 bridgehead atoms. The van der Waals surface area contributed by atoms with Crippen LogP contribution in [0, 0.1) is 0 Å². The maximum absolute atomic E-state index is 12.5. The summed E-state index contributed by atoms with van der Waals surface area (Å²) in [5.74, 6) is 0.245. The number of amides is 1. The SMILES string of the molecule is CCNC(=NCc1ccccc1OC(F)F)NCC(=O)Nc1ccccc1. The molecule has 0 aliphatic heterocycles. The van der Waals surface area contributed by atoms with Crippen molar-refractivity contribution in [2.24, 2.45) is 4.99 Å². The van der Waals surface area contributed by atoms with Gasteiger partial charge in [-0.15, -0.1) is 0 Å². The van der Waals surface area contributed by atoms with Gasteiger partial charge in [0.25, 0.3) is 0 Å². The molecule has 0 spiro atoms. The largest absolute Gasteiger partial charge is 0.434 e. The van der Waals surface area contributed by atoms with Crippen LogP contribution in [0.15, 0.2) is 59.6 Å². The first-order chi connectivity index (χ1) is 13.1. The molecule has 8 heteroatoms. The fourth-order valence-electron chi connectivity index (χ4n) is 2.24. The molecule has 27 heavy (non-hydrogen) atoms. The monoisotopic (exact) mass is 376 g/mol. The summed E-state index contributed by atoms with van der Waals surface area (Å²) in [6.07, 6.45) is 0. The maximum atomic E-state index is 12.5. The zero-order valence-corrected chi connectivity index (χ0v) is 14.9. The second-order valence-electron chi connectivity index (χ2n) is 5.45. The van der Waals surface area contributed by atoms with Crippen molar-refractivity contribution in [2.45, 2.75) is 20.1 Å². The number of anilines is 1. The van der Waals surface area contributed by atoms with Gasteiger partial charge < -0.3 is 20.7 Å². The zero-order valence-electron chi connectivity index (χ0n) is 14.9. The number of guanidine groups is 1. The van der Waals surface area contributed by atoms with Crippen molar-refractivity contribution in [1.29, 1.82) is 0 Å². The topological polar surface area (TPSA) is 74.8 Å². The van der Waals surface area contributed by atoms with E-state index in [4.69, 9.17) is 0 Å². The molecule has 0 atom stereocenters. The van der Waals surface area contributed by atoms with Crippen LogP contribution in [0.3, 0.4) is 0 Å². The third kappa shape index (κ3) is 7.31. The minimum Gasteiger partial charge on any atom is -0.434 e. The summed E-state index contributed by atoms with van der Waals surface area (Å²) >= 11 is 0. The lowest BCUT2D eigenvalue weighted by Gasteiger charge is -2.13. The number of alkyl halides is 2. The number of ether oxygens (including phenoxy) is 1. The number of hydrogen-bond acceptors (Lipinski definition) is 3. The summed E-state index contributed by atoms with van der Waals surface area (Å²) in [7, 11) is 0. The van der Waals surface area contributed by atoms with Crippen molar-refractivity contribution >= 4 is 17.6 Å². The van der Waals surface area contributed by atoms with Crippen molar-refractivity contribution in [3.05, 3.63) is 60.2 Å². The molecular formula is C19H22F2N4O2. The summed E-state index contributed by atoms with van der Waals surface area (Å²) in [6.45, 7) is -0.298. The van der Waals surface area contributed by atoms with Gasteiger partial charge in [-0.25, -0.2) is 4.99 Å². The minimum absolute atomic E-state index is 0.00983. The summed E-state index contributed by atoms with van der Waals surface area (Å²) in [4.78, 5) is 16.3. The number of nitrogens with one attached hydrogen (secondary N) is 3. The van der Waals surface area contributed by atoms with Crippen LogP contribution in [0.25, 0.3) is 0 Å². The van der Waals surface area contributed by atoms with E-state index in [0.717, 1.165) is 0 Å². The van der Waals surface area contributed by atoms with Crippen LogP contribution in [0.5, 0.6) is 5.75 Å². The Kier molecular flexibility index (Phi) is 8.02. The molecule has 3 N–H and O–H groups in total. The van der Waals surface area contributed by atoms with Crippen LogP contribution in [-0.4, -0.2) is 31.6 Å². The van der Waals surface area contributed by atoms with Crippen molar-refractivity contribution in [3.8, 4) is 5.75 Å². The number of carbonyl (C=O) groups is 1. The van der Waals surface area contributed by atoms with Gasteiger partial charge in [0.2, 0.25) is 5.91 Å². The standard InChI is InChI=1S/C19H22F2N4O2/c1-2-22-19(24-13-17(26)25-15-9-4-3-5-10-15)23-12-14-8-6-7-11-16(14)27-18(20)21/h3-11,18H,2,12-13H2,1H3,(H,25,26)(H2,22,23,24). The van der Waals surface area contributed by atoms with E-state index in [9.17, 15) is 13.6 Å². The van der Waals surface area contributed by atoms with Crippen molar-refractivity contribution in [2.75, 3.05) is 18.4 Å². The molecule has 0 aliphatic rings. The molecule has 0 aliphatic carbocycles. The van der Waals surface area contributed by atoms with Gasteiger partial charge in [-0.1, -0.05) is 36.4 Å². The first kappa shape index (κ1) is 20.2. The number of halogens is 2. The predicted octanol–water partition coefficient (Wildman–Crippen LogP) is 2.98. The number of nitrogens with zero attached hydrogens (tertiary/aromatic N) is 1. The number of para-hydroxylation sites is 2. The van der Waals surface area contributed by atoms with E-state index in [1.807, 2.05) is 25.1 Å². The van der Waals surface area contributed by atoms with Crippen LogP contribution < -0.4 is 20.7 Å². The minimum atomic E-state index is -2.90. The Bertz CT molecular complexity index is 754. The van der Waals surface area contributed by atoms with E-state index in [1.165, 1.54) is 6.07 Å². The smallest absolute Gasteiger partial charge is 0.387 e. The molecule has 0 fully saturated rings. The number of benzene rings is 2. The fourth-order valence-corrected chi connectivity index (χ4v) is 2.24. The van der Waals surface area contributed by atoms with Crippen molar-refractivity contribution < 1.29 is 18.3 Å². The molecule has 2 rings (SSSR count). The van der Waals surface area contributed by atoms with E-state index in [1.54, 1.807) is 30.3 Å². The fraction of sp³-hybridized carbons (Fsp3) is 0.263. The molecule has 6 nitrogen and oxygen atoms in total. The van der Waals surface area contributed by atoms with Gasteiger partial charge >= 0.3 is 6.61 Å². The third-order valence-electron chi connectivity index (χ3n) is 3.41. The van der Waals surface area contributed by atoms with E-state index in [-0.39, 0.29) is 24.7 Å². The molecule has 144 valence electrons. The Labute approximate surface area is 156 Å². The van der Waals surface area contributed by atoms with Gasteiger partial charge in [-0.2, -0.15) is 8.78 Å². The van der Waals surface area contributed by atoms with Crippen LogP contribution >= 0.6 is 0 Å². The number of hydrogen-bond donors (Lipinski definition) is 3. The van der Waals surface area contributed by atoms with Gasteiger partial charge in [0, 0.05) is 17.8 Å². The lowest BCUT2D eigenvalue weighted by Crippen LogP contribution is -2.41. The highest BCUT2D eigenvalue weighted by atomic mass is 19.3. The summed E-state index contributed by atoms with van der Waals surface area (Å²) in [5.41, 5.74) is 1.22. The van der Waals surface area contributed by atoms with Crippen molar-refractivity contribution in [1.82, 2.24) is 10.6 Å². The van der Waals surface area contributed by atoms with Gasteiger partial charge in [0.05, 0.1) is 13.1 Å². The molecule has 0 heterocycles. The molecule has 0 saturated heterocycles. The normalized spacial score (nSPS) is 11.2. The van der Waals surface area contributed by atoms with E-state index >= 15 is 0 Å². The Morgan fingerprint density at radius 3 is 2.48 bits per heavy atom. The number of carbonyl (C=O) groups excluding carboxylic acids is 1. The Morgan fingerprint density at radius 1 is 1.07 bits per heavy atom. The maximum Gasteiger partial charge on any atom is 0.387 e. The van der Waals surface area contributed by atoms with E-state index in [2.05, 4.69) is 25.7 Å². The zero-order chi connectivity index (χ0) is 19.5. The lowest BCUT2D eigenvalue weighted by molar-refractivity contribution is -0.115. The second-order valence-corrected chi connectivity index (χ2v) is 5.45. The van der Waals surface area contributed by atoms with Crippen LogP contribution in [0.2, 0.25) is 0 Å². The first-order valence-corrected chi connectivity index (χ1v) is 8.48. The molecular weight excluding hydrogens is 354 g/mol. The molecule has 0 aromatic heterocycles. The highest BCUT2D eigenvalue weighted by molar-refractivity contribution is 5.94. The average molecular weight is 376 g/mol. The van der Waals surface area contributed by atoms with Gasteiger partial charge in [-0.3, -0.25) is 4.79 Å². The third-order valence-corrected chi connectivity index (χ3v) is 3.41. The van der Waals surface area contributed by atoms with Crippen molar-refractivity contribution in [3.63, 3.8) is 0 Å². The van der Waals surface area contributed by atoms with Crippen LogP contribution in [0.4, 0.5) is 14.5 Å². The molecule has 1 amide bonds. The van der Waals surface area contributed by atoms with E-state index in [0.29, 0.717) is 23.8 Å². The molecule has 0 radical (unpaired) electrons. The van der Waals surface area contributed by atoms with Gasteiger partial charge in [-0.05, 0) is 25.1 Å². The van der Waals surface area contributed by atoms with Gasteiger partial charge in [0.15, 0.2) is 5.96 Å². The molecule has 2 aromatic carbocycles. The molecule has 0 saturated carbocycles. The quantitative estimate of drug-likeness (QED) is 0.489.